The first-order chi connectivity index (χ1) is 15.9. The predicted molar refractivity (Wildman–Crippen MR) is 131 cm³/mol. The lowest BCUT2D eigenvalue weighted by Crippen LogP contribution is -2.34. The van der Waals surface area contributed by atoms with E-state index < -0.39 is 10.0 Å². The molecule has 1 heterocycles. The van der Waals surface area contributed by atoms with Gasteiger partial charge in [-0.25, -0.2) is 13.4 Å². The van der Waals surface area contributed by atoms with E-state index in [1.807, 2.05) is 6.92 Å². The molecule has 0 saturated heterocycles. The summed E-state index contributed by atoms with van der Waals surface area (Å²) >= 11 is 6.37. The second-order valence-corrected chi connectivity index (χ2v) is 9.43. The molecule has 0 unspecified atom stereocenters. The number of thiazole rings is 1. The molecule has 0 atom stereocenters. The molecule has 0 aliphatic heterocycles. The molecule has 3 aromatic rings. The van der Waals surface area contributed by atoms with Crippen LogP contribution in [0.5, 0.6) is 5.75 Å². The Balaban J connectivity index is 1.51. The molecule has 33 heavy (non-hydrogen) atoms. The topological polar surface area (TPSA) is 119 Å². The van der Waals surface area contributed by atoms with Gasteiger partial charge in [0.2, 0.25) is 0 Å². The minimum Gasteiger partial charge on any atom is -0.491 e. The number of hydrogen-bond acceptors (Lipinski definition) is 8. The molecule has 0 saturated carbocycles. The maximum Gasteiger partial charge on any atom is 0.263 e. The molecule has 9 nitrogen and oxygen atoms in total. The van der Waals surface area contributed by atoms with Gasteiger partial charge in [0, 0.05) is 29.4 Å². The average Bonchev–Trinajstić information content (AvgIpc) is 3.30. The van der Waals surface area contributed by atoms with Crippen molar-refractivity contribution in [1.82, 2.24) is 10.3 Å². The summed E-state index contributed by atoms with van der Waals surface area (Å²) in [5.74, 6) is 0.242. The van der Waals surface area contributed by atoms with Gasteiger partial charge in [0.1, 0.15) is 12.4 Å². The number of hydrogen-bond donors (Lipinski definition) is 3. The maximum absolute atomic E-state index is 12.4. The third kappa shape index (κ3) is 7.49. The maximum atomic E-state index is 12.4. The van der Waals surface area contributed by atoms with E-state index >= 15 is 0 Å². The van der Waals surface area contributed by atoms with Crippen molar-refractivity contribution in [2.24, 2.45) is 0 Å². The van der Waals surface area contributed by atoms with Crippen LogP contribution < -0.4 is 20.1 Å². The van der Waals surface area contributed by atoms with Gasteiger partial charge in [-0.1, -0.05) is 0 Å². The number of sulfonamides is 1. The van der Waals surface area contributed by atoms with E-state index in [-0.39, 0.29) is 21.0 Å². The summed E-state index contributed by atoms with van der Waals surface area (Å²) in [4.78, 5) is 16.4. The van der Waals surface area contributed by atoms with Crippen molar-refractivity contribution in [3.63, 3.8) is 0 Å². The SMILES string of the molecule is CCOCCOc1ccc(C(=O)NC(=S)Nc2ccc(S(=O)(=O)Nc3nccs3)cc2)cc1. The molecule has 3 rings (SSSR count). The molecule has 0 bridgehead atoms. The Bertz CT molecular complexity index is 1170. The van der Waals surface area contributed by atoms with Crippen molar-refractivity contribution in [2.45, 2.75) is 11.8 Å². The van der Waals surface area contributed by atoms with Gasteiger partial charge in [-0.05, 0) is 67.7 Å². The third-order valence-electron chi connectivity index (χ3n) is 4.12. The average molecular weight is 507 g/mol. The summed E-state index contributed by atoms with van der Waals surface area (Å²) in [6.07, 6.45) is 1.51. The van der Waals surface area contributed by atoms with Crippen molar-refractivity contribution in [3.8, 4) is 5.75 Å². The first-order valence-electron chi connectivity index (χ1n) is 9.82. The van der Waals surface area contributed by atoms with E-state index in [9.17, 15) is 13.2 Å². The first-order valence-corrected chi connectivity index (χ1v) is 12.6. The summed E-state index contributed by atoms with van der Waals surface area (Å²) in [7, 11) is -3.75. The van der Waals surface area contributed by atoms with Crippen LogP contribution in [0.2, 0.25) is 0 Å². The number of carbonyl (C=O) groups excluding carboxylic acids is 1. The summed E-state index contributed by atoms with van der Waals surface area (Å²) in [5.41, 5.74) is 0.928. The molecular weight excluding hydrogens is 484 g/mol. The van der Waals surface area contributed by atoms with Gasteiger partial charge in [-0.2, -0.15) is 0 Å². The molecule has 12 heteroatoms. The quantitative estimate of drug-likeness (QED) is 0.283. The largest absolute Gasteiger partial charge is 0.491 e. The van der Waals surface area contributed by atoms with Crippen LogP contribution in [0.25, 0.3) is 0 Å². The van der Waals surface area contributed by atoms with Crippen molar-refractivity contribution < 1.29 is 22.7 Å². The van der Waals surface area contributed by atoms with Crippen LogP contribution in [-0.4, -0.2) is 44.2 Å². The molecule has 0 fully saturated rings. The standard InChI is InChI=1S/C21H22N4O5S3/c1-2-29-12-13-30-17-7-3-15(4-8-17)19(26)24-20(31)23-16-5-9-18(10-6-16)33(27,28)25-21-22-11-14-32-21/h3-11,14H,2,12-13H2,1H3,(H,22,25)(H2,23,24,26,31). The van der Waals surface area contributed by atoms with Crippen LogP contribution in [0.4, 0.5) is 10.8 Å². The van der Waals surface area contributed by atoms with Crippen LogP contribution in [0.15, 0.2) is 65.0 Å². The monoisotopic (exact) mass is 506 g/mol. The number of amides is 1. The van der Waals surface area contributed by atoms with E-state index in [4.69, 9.17) is 21.7 Å². The lowest BCUT2D eigenvalue weighted by molar-refractivity contribution is 0.0977. The van der Waals surface area contributed by atoms with Gasteiger partial charge in [0.25, 0.3) is 15.9 Å². The Morgan fingerprint density at radius 1 is 1.09 bits per heavy atom. The summed E-state index contributed by atoms with van der Waals surface area (Å²) in [6.45, 7) is 3.46. The second kappa shape index (κ2) is 11.7. The first kappa shape index (κ1) is 24.6. The van der Waals surface area contributed by atoms with Crippen molar-refractivity contribution in [1.29, 1.82) is 0 Å². The highest BCUT2D eigenvalue weighted by molar-refractivity contribution is 7.93. The van der Waals surface area contributed by atoms with Crippen molar-refractivity contribution in [2.75, 3.05) is 29.9 Å². The number of carbonyl (C=O) groups is 1. The van der Waals surface area contributed by atoms with Gasteiger partial charge in [-0.15, -0.1) is 11.3 Å². The number of thiocarbonyl (C=S) groups is 1. The number of aromatic nitrogens is 1. The fraction of sp³-hybridized carbons (Fsp3) is 0.190. The number of benzene rings is 2. The van der Waals surface area contributed by atoms with Crippen molar-refractivity contribution >= 4 is 55.4 Å². The lowest BCUT2D eigenvalue weighted by Gasteiger charge is -2.11. The zero-order valence-electron chi connectivity index (χ0n) is 17.6. The molecule has 0 aliphatic rings. The van der Waals surface area contributed by atoms with E-state index in [1.54, 1.807) is 41.8 Å². The Kier molecular flexibility index (Phi) is 8.72. The molecule has 2 aromatic carbocycles. The molecule has 1 amide bonds. The Labute approximate surface area is 201 Å². The molecule has 0 spiro atoms. The second-order valence-electron chi connectivity index (χ2n) is 6.45. The molecule has 0 radical (unpaired) electrons. The molecule has 174 valence electrons. The fourth-order valence-corrected chi connectivity index (χ4v) is 4.57. The van der Waals surface area contributed by atoms with E-state index in [2.05, 4.69) is 20.3 Å². The fourth-order valence-electron chi connectivity index (χ4n) is 2.57. The highest BCUT2D eigenvalue weighted by atomic mass is 32.2. The van der Waals surface area contributed by atoms with Crippen molar-refractivity contribution in [3.05, 3.63) is 65.7 Å². The summed E-state index contributed by atoms with van der Waals surface area (Å²) in [6, 6.07) is 12.6. The van der Waals surface area contributed by atoms with Gasteiger partial charge < -0.3 is 14.8 Å². The predicted octanol–water partition coefficient (Wildman–Crippen LogP) is 3.49. The number of nitrogens with zero attached hydrogens (tertiary/aromatic N) is 1. The Morgan fingerprint density at radius 3 is 2.45 bits per heavy atom. The van der Waals surface area contributed by atoms with Gasteiger partial charge in [0.05, 0.1) is 11.5 Å². The van der Waals surface area contributed by atoms with Gasteiger partial charge in [-0.3, -0.25) is 14.8 Å². The van der Waals surface area contributed by atoms with Crippen LogP contribution in [-0.2, 0) is 14.8 Å². The molecule has 1 aromatic heterocycles. The zero-order chi connectivity index (χ0) is 23.7. The van der Waals surface area contributed by atoms with Gasteiger partial charge >= 0.3 is 0 Å². The van der Waals surface area contributed by atoms with Crippen LogP contribution in [0.1, 0.15) is 17.3 Å². The molecular formula is C21H22N4O5S3. The zero-order valence-corrected chi connectivity index (χ0v) is 20.1. The Morgan fingerprint density at radius 2 is 1.82 bits per heavy atom. The normalized spacial score (nSPS) is 10.9. The number of rotatable bonds is 10. The number of anilines is 2. The van der Waals surface area contributed by atoms with Crippen LogP contribution in [0.3, 0.4) is 0 Å². The van der Waals surface area contributed by atoms with E-state index in [0.29, 0.717) is 36.8 Å². The smallest absolute Gasteiger partial charge is 0.263 e. The molecule has 3 N–H and O–H groups in total. The van der Waals surface area contributed by atoms with Crippen LogP contribution in [0, 0.1) is 0 Å². The number of nitrogens with one attached hydrogen (secondary N) is 3. The summed E-state index contributed by atoms with van der Waals surface area (Å²) in [5, 5.41) is 7.47. The highest BCUT2D eigenvalue weighted by Crippen LogP contribution is 2.19. The summed E-state index contributed by atoms with van der Waals surface area (Å²) < 4.78 is 37.9. The van der Waals surface area contributed by atoms with E-state index in [1.165, 1.54) is 29.7 Å². The third-order valence-corrected chi connectivity index (χ3v) is 6.50. The lowest BCUT2D eigenvalue weighted by atomic mass is 10.2. The van der Waals surface area contributed by atoms with Crippen LogP contribution >= 0.6 is 23.6 Å². The number of ether oxygens (including phenoxy) is 2. The minimum atomic E-state index is -3.75. The molecule has 0 aliphatic carbocycles. The highest BCUT2D eigenvalue weighted by Gasteiger charge is 2.15. The Hall–Kier alpha value is -3.06. The van der Waals surface area contributed by atoms with Gasteiger partial charge in [0.15, 0.2) is 10.2 Å². The minimum absolute atomic E-state index is 0.0711. The van der Waals surface area contributed by atoms with E-state index in [0.717, 1.165) is 0 Å².